The van der Waals surface area contributed by atoms with Gasteiger partial charge in [0.1, 0.15) is 23.6 Å². The number of carbonyl (C=O) groups is 2. The first-order chi connectivity index (χ1) is 29.5. The van der Waals surface area contributed by atoms with Crippen LogP contribution in [0.5, 0.6) is 0 Å². The number of hydrazine groups is 1. The van der Waals surface area contributed by atoms with Crippen molar-refractivity contribution in [3.05, 3.63) is 24.3 Å². The number of hydrogen-bond donors (Lipinski definition) is 3. The molecule has 1 amide bonds. The lowest BCUT2D eigenvalue weighted by Gasteiger charge is -2.47. The van der Waals surface area contributed by atoms with Crippen molar-refractivity contribution in [2.45, 2.75) is 221 Å². The second kappa shape index (κ2) is 19.1. The maximum atomic E-state index is 14.6. The van der Waals surface area contributed by atoms with Crippen molar-refractivity contribution < 1.29 is 62.1 Å². The number of hydrogen-bond acceptors (Lipinski definition) is 14. The Kier molecular flexibility index (Phi) is 14.3. The maximum absolute atomic E-state index is 14.6. The zero-order valence-corrected chi connectivity index (χ0v) is 38.1. The third kappa shape index (κ3) is 10.2. The summed E-state index contributed by atoms with van der Waals surface area (Å²) in [7, 11) is 3.38. The number of carbonyl (C=O) groups excluding carboxylic acids is 2. The zero-order valence-electron chi connectivity index (χ0n) is 38.1. The monoisotopic (exact) mass is 875 g/mol. The van der Waals surface area contributed by atoms with E-state index in [-0.39, 0.29) is 104 Å². The van der Waals surface area contributed by atoms with Gasteiger partial charge in [-0.2, -0.15) is 0 Å². The van der Waals surface area contributed by atoms with Gasteiger partial charge in [0.2, 0.25) is 0 Å². The Hall–Kier alpha value is -2.02. The molecule has 0 aromatic carbocycles. The van der Waals surface area contributed by atoms with Gasteiger partial charge in [0.25, 0.3) is 0 Å². The average molecular weight is 875 g/mol. The molecule has 0 radical (unpaired) electrons. The van der Waals surface area contributed by atoms with E-state index in [1.54, 1.807) is 35.0 Å². The molecule has 10 bridgehead atoms. The fourth-order valence-corrected chi connectivity index (χ4v) is 11.9. The highest BCUT2D eigenvalue weighted by Gasteiger charge is 2.60. The summed E-state index contributed by atoms with van der Waals surface area (Å²) in [6, 6.07) is 0. The number of ketones is 1. The number of nitrogens with one attached hydrogen (secondary N) is 2. The molecule has 8 fully saturated rings. The molecule has 8 heterocycles. The van der Waals surface area contributed by atoms with E-state index in [0.29, 0.717) is 32.1 Å². The summed E-state index contributed by atoms with van der Waals surface area (Å²) in [6.07, 6.45) is 3.34. The first kappa shape index (κ1) is 46.5. The molecule has 8 aliphatic heterocycles. The molecule has 0 aromatic rings. The van der Waals surface area contributed by atoms with Crippen LogP contribution < -0.4 is 10.9 Å². The predicted octanol–water partition coefficient (Wildman–Crippen LogP) is 5.39. The highest BCUT2D eigenvalue weighted by Crippen LogP contribution is 2.50. The van der Waals surface area contributed by atoms with Gasteiger partial charge >= 0.3 is 6.09 Å². The van der Waals surface area contributed by atoms with E-state index in [9.17, 15) is 14.7 Å². The Bertz CT molecular complexity index is 1620. The maximum Gasteiger partial charge on any atom is 0.422 e. The van der Waals surface area contributed by atoms with Gasteiger partial charge < -0.3 is 52.5 Å². The molecule has 8 saturated heterocycles. The number of Topliss-reactive ketones (excluding diaryl/α,β-unsaturated/α-hetero) is 1. The summed E-state index contributed by atoms with van der Waals surface area (Å²) >= 11 is 0. The van der Waals surface area contributed by atoms with E-state index < -0.39 is 47.8 Å². The SMILES string of the molecule is C=C1C2C[C@@H]3O[C@H](C[C@H](O)CNNC(=O)OC(C)(C)C)[C@H](OC)[C@H]3C(C)C(=O)C[C@H]3CC[C@@H]4O[C@@H]5C[C@@H](O[C@@]6(CC[C@H]7CC(=C)[C@H](CC[C@@H](C[C@H]1C)O2)O7)C[C@@H](OC)[C@@H]5O6)[C@H]4O3. The van der Waals surface area contributed by atoms with Crippen LogP contribution in [-0.4, -0.2) is 141 Å². The molecular formula is C47H74N2O13. The molecule has 3 N–H and O–H groups in total. The van der Waals surface area contributed by atoms with Gasteiger partial charge in [0.15, 0.2) is 5.79 Å². The molecule has 1 spiro atoms. The van der Waals surface area contributed by atoms with Crippen LogP contribution in [0.4, 0.5) is 4.79 Å². The normalized spacial score (nSPS) is 45.5. The fraction of sp³-hybridized carbons (Fsp3) is 0.872. The van der Waals surface area contributed by atoms with E-state index in [1.807, 2.05) is 6.92 Å². The lowest BCUT2D eigenvalue weighted by Crippen LogP contribution is -2.58. The number of rotatable bonds is 7. The fourth-order valence-electron chi connectivity index (χ4n) is 11.9. The smallest absolute Gasteiger partial charge is 0.422 e. The molecule has 0 aliphatic carbocycles. The molecule has 0 saturated carbocycles. The largest absolute Gasteiger partial charge is 0.443 e. The topological polar surface area (TPSA) is 171 Å². The molecule has 15 nitrogen and oxygen atoms in total. The molecular weight excluding hydrogens is 801 g/mol. The number of methoxy groups -OCH3 is 2. The quantitative estimate of drug-likeness (QED) is 0.220. The van der Waals surface area contributed by atoms with Crippen LogP contribution in [0.2, 0.25) is 0 Å². The first-order valence-electron chi connectivity index (χ1n) is 23.5. The Morgan fingerprint density at radius 2 is 1.60 bits per heavy atom. The van der Waals surface area contributed by atoms with Crippen LogP contribution in [0.15, 0.2) is 24.3 Å². The summed E-state index contributed by atoms with van der Waals surface area (Å²) in [4.78, 5) is 26.8. The minimum absolute atomic E-state index is 0.00862. The summed E-state index contributed by atoms with van der Waals surface area (Å²) in [5, 5.41) is 11.2. The number of fused-ring (bicyclic) bond motifs is 9. The third-order valence-electron chi connectivity index (χ3n) is 15.0. The van der Waals surface area contributed by atoms with Crippen molar-refractivity contribution in [3.63, 3.8) is 0 Å². The Balaban J connectivity index is 1.03. The summed E-state index contributed by atoms with van der Waals surface area (Å²) in [6.45, 7) is 18.5. The molecule has 62 heavy (non-hydrogen) atoms. The van der Waals surface area contributed by atoms with E-state index in [2.05, 4.69) is 30.9 Å². The van der Waals surface area contributed by atoms with E-state index in [4.69, 9.17) is 47.4 Å². The van der Waals surface area contributed by atoms with Gasteiger partial charge in [0.05, 0.1) is 79.4 Å². The van der Waals surface area contributed by atoms with Crippen LogP contribution in [0, 0.1) is 17.8 Å². The minimum atomic E-state index is -0.904. The second-order valence-electron chi connectivity index (χ2n) is 20.6. The Labute approximate surface area is 367 Å². The number of aliphatic hydroxyl groups excluding tert-OH is 1. The molecule has 19 atom stereocenters. The van der Waals surface area contributed by atoms with Crippen molar-refractivity contribution in [3.8, 4) is 0 Å². The van der Waals surface area contributed by atoms with Gasteiger partial charge in [-0.05, 0) is 82.8 Å². The number of ether oxygens (including phenoxy) is 10. The van der Waals surface area contributed by atoms with E-state index >= 15 is 0 Å². The summed E-state index contributed by atoms with van der Waals surface area (Å²) in [5.41, 5.74) is 6.74. The van der Waals surface area contributed by atoms with Gasteiger partial charge in [-0.1, -0.05) is 27.0 Å². The second-order valence-corrected chi connectivity index (χ2v) is 20.6. The van der Waals surface area contributed by atoms with Crippen LogP contribution in [0.3, 0.4) is 0 Å². The van der Waals surface area contributed by atoms with Crippen molar-refractivity contribution in [2.24, 2.45) is 17.8 Å². The van der Waals surface area contributed by atoms with Crippen LogP contribution in [0.1, 0.15) is 118 Å². The lowest BCUT2D eigenvalue weighted by atomic mass is 9.76. The van der Waals surface area contributed by atoms with Gasteiger partial charge in [-0.3, -0.25) is 10.2 Å². The number of aliphatic hydroxyl groups is 1. The van der Waals surface area contributed by atoms with Crippen molar-refractivity contribution in [1.82, 2.24) is 10.9 Å². The van der Waals surface area contributed by atoms with E-state index in [0.717, 1.165) is 49.7 Å². The average Bonchev–Trinajstić information content (AvgIpc) is 3.85. The minimum Gasteiger partial charge on any atom is -0.443 e. The van der Waals surface area contributed by atoms with Crippen molar-refractivity contribution in [1.29, 1.82) is 0 Å². The molecule has 8 aliphatic rings. The van der Waals surface area contributed by atoms with Crippen molar-refractivity contribution >= 4 is 11.9 Å². The summed E-state index contributed by atoms with van der Waals surface area (Å²) < 4.78 is 65.5. The van der Waals surface area contributed by atoms with Crippen molar-refractivity contribution in [2.75, 3.05) is 20.8 Å². The highest BCUT2D eigenvalue weighted by molar-refractivity contribution is 5.81. The molecule has 2 unspecified atom stereocenters. The Morgan fingerprint density at radius 3 is 2.35 bits per heavy atom. The third-order valence-corrected chi connectivity index (χ3v) is 15.0. The first-order valence-corrected chi connectivity index (χ1v) is 23.5. The predicted molar refractivity (Wildman–Crippen MR) is 226 cm³/mol. The Morgan fingerprint density at radius 1 is 0.839 bits per heavy atom. The number of amides is 1. The standard InChI is InChI=1S/C47H74N2O13/c1-24-16-29-10-12-33-25(2)17-31(55-33)14-15-47-22-40(53-8)43(61-47)38-21-39(60-47)42-34(58-38)13-11-30(57-42)19-32(51)27(4)41-36(20-35(56-29)26(24)3)59-37(44(41)54-9)18-28(50)23-48-49-45(52)62-46(5,6)7/h24,27-31,33-44,48,50H,2-3,10-23H2,1,4-9H3,(H,49,52)/t24-,27?,28+,29+,30-,31+,33+,34+,35?,36+,37-,38-,39-,40-,41+,42+,43-,44+,47-/m1/s1. The van der Waals surface area contributed by atoms with Gasteiger partial charge in [-0.25, -0.2) is 10.2 Å². The molecule has 8 rings (SSSR count). The van der Waals surface area contributed by atoms with Crippen LogP contribution in [0.25, 0.3) is 0 Å². The highest BCUT2D eigenvalue weighted by atomic mass is 16.7. The van der Waals surface area contributed by atoms with E-state index in [1.165, 1.54) is 0 Å². The molecule has 15 heteroatoms. The molecule has 0 aromatic heterocycles. The van der Waals surface area contributed by atoms with Gasteiger partial charge in [0, 0.05) is 71.1 Å². The van der Waals surface area contributed by atoms with Gasteiger partial charge in [-0.15, -0.1) is 0 Å². The zero-order chi connectivity index (χ0) is 44.1. The van der Waals surface area contributed by atoms with Crippen LogP contribution >= 0.6 is 0 Å². The lowest BCUT2D eigenvalue weighted by molar-refractivity contribution is -0.277. The van der Waals surface area contributed by atoms with Crippen LogP contribution in [-0.2, 0) is 52.2 Å². The molecule has 350 valence electrons. The summed E-state index contributed by atoms with van der Waals surface area (Å²) in [5.74, 6) is -1.35.